The Kier molecular flexibility index (Phi) is 4.64. The largest absolute Gasteiger partial charge is 0.325 e. The summed E-state index contributed by atoms with van der Waals surface area (Å²) in [5, 5.41) is 2.80. The molecule has 3 rings (SSSR count). The van der Waals surface area contributed by atoms with Crippen LogP contribution in [0.2, 0.25) is 0 Å². The van der Waals surface area contributed by atoms with Gasteiger partial charge in [-0.1, -0.05) is 55.0 Å². The number of nitrogens with one attached hydrogen (secondary N) is 1. The van der Waals surface area contributed by atoms with Gasteiger partial charge in [0.1, 0.15) is 5.54 Å². The van der Waals surface area contributed by atoms with Crippen LogP contribution in [0.15, 0.2) is 48.5 Å². The molecule has 26 heavy (non-hydrogen) atoms. The zero-order valence-corrected chi connectivity index (χ0v) is 15.2. The first-order chi connectivity index (χ1) is 12.4. The van der Waals surface area contributed by atoms with Crippen molar-refractivity contribution in [2.45, 2.75) is 32.7 Å². The summed E-state index contributed by atoms with van der Waals surface area (Å²) in [6.07, 6.45) is 0.412. The van der Waals surface area contributed by atoms with E-state index in [2.05, 4.69) is 5.32 Å². The van der Waals surface area contributed by atoms with Gasteiger partial charge < -0.3 is 5.32 Å². The first-order valence-corrected chi connectivity index (χ1v) is 8.69. The van der Waals surface area contributed by atoms with Gasteiger partial charge in [-0.3, -0.25) is 14.5 Å². The van der Waals surface area contributed by atoms with Crippen molar-refractivity contribution in [1.82, 2.24) is 10.2 Å². The number of hydrogen-bond donors (Lipinski definition) is 1. The van der Waals surface area contributed by atoms with Crippen LogP contribution in [0, 0.1) is 13.8 Å². The van der Waals surface area contributed by atoms with Gasteiger partial charge in [0.2, 0.25) is 0 Å². The van der Waals surface area contributed by atoms with E-state index in [0.29, 0.717) is 12.0 Å². The second kappa shape index (κ2) is 6.75. The molecule has 1 saturated heterocycles. The quantitative estimate of drug-likeness (QED) is 0.664. The monoisotopic (exact) mass is 350 g/mol. The van der Waals surface area contributed by atoms with E-state index in [9.17, 15) is 14.4 Å². The third-order valence-corrected chi connectivity index (χ3v) is 4.97. The van der Waals surface area contributed by atoms with Gasteiger partial charge in [-0.05, 0) is 37.5 Å². The Labute approximate surface area is 153 Å². The predicted molar refractivity (Wildman–Crippen MR) is 98.9 cm³/mol. The van der Waals surface area contributed by atoms with Gasteiger partial charge in [-0.25, -0.2) is 4.79 Å². The zero-order valence-electron chi connectivity index (χ0n) is 15.2. The Hall–Kier alpha value is -2.95. The fraction of sp³-hybridized carbons (Fsp3) is 0.286. The lowest BCUT2D eigenvalue weighted by Gasteiger charge is -2.25. The summed E-state index contributed by atoms with van der Waals surface area (Å²) in [5.74, 6) is -0.621. The molecule has 0 unspecified atom stereocenters. The summed E-state index contributed by atoms with van der Waals surface area (Å²) < 4.78 is 0. The van der Waals surface area contributed by atoms with E-state index in [1.54, 1.807) is 6.07 Å². The highest BCUT2D eigenvalue weighted by Crippen LogP contribution is 2.32. The zero-order chi connectivity index (χ0) is 18.9. The van der Waals surface area contributed by atoms with E-state index >= 15 is 0 Å². The van der Waals surface area contributed by atoms with Gasteiger partial charge in [0.25, 0.3) is 5.91 Å². The summed E-state index contributed by atoms with van der Waals surface area (Å²) in [5.41, 5.74) is 1.95. The van der Waals surface area contributed by atoms with Crippen molar-refractivity contribution in [3.63, 3.8) is 0 Å². The van der Waals surface area contributed by atoms with Crippen LogP contribution in [-0.4, -0.2) is 29.2 Å². The third kappa shape index (κ3) is 2.90. The number of aryl methyl sites for hydroxylation is 2. The molecule has 1 aliphatic heterocycles. The van der Waals surface area contributed by atoms with Crippen molar-refractivity contribution in [2.24, 2.45) is 0 Å². The number of rotatable bonds is 5. The van der Waals surface area contributed by atoms with Crippen LogP contribution < -0.4 is 5.32 Å². The molecule has 0 bridgehead atoms. The number of Topliss-reactive ketones (excluding diaryl/α,β-unsaturated/α-hetero) is 1. The van der Waals surface area contributed by atoms with Gasteiger partial charge in [-0.2, -0.15) is 0 Å². The van der Waals surface area contributed by atoms with Gasteiger partial charge in [0.05, 0.1) is 6.54 Å². The summed E-state index contributed by atoms with van der Waals surface area (Å²) in [6, 6.07) is 14.2. The minimum absolute atomic E-state index is 0.241. The second-order valence-corrected chi connectivity index (χ2v) is 6.69. The lowest BCUT2D eigenvalue weighted by atomic mass is 9.87. The van der Waals surface area contributed by atoms with Crippen LogP contribution in [0.5, 0.6) is 0 Å². The molecule has 0 spiro atoms. The summed E-state index contributed by atoms with van der Waals surface area (Å²) >= 11 is 0. The van der Waals surface area contributed by atoms with Crippen LogP contribution in [0.4, 0.5) is 4.79 Å². The van der Waals surface area contributed by atoms with Crippen molar-refractivity contribution >= 4 is 17.7 Å². The van der Waals surface area contributed by atoms with Gasteiger partial charge in [0, 0.05) is 5.56 Å². The van der Waals surface area contributed by atoms with E-state index in [-0.39, 0.29) is 18.2 Å². The molecule has 5 heteroatoms. The Balaban J connectivity index is 1.90. The van der Waals surface area contributed by atoms with E-state index in [1.165, 1.54) is 0 Å². The standard InChI is InChI=1S/C21H22N2O3/c1-4-21(16-8-6-5-7-9-16)19(25)23(20(26)22-21)13-18(24)17-12-14(2)10-11-15(17)3/h5-12H,4,13H2,1-3H3,(H,22,26)/t21-/m0/s1. The normalized spacial score (nSPS) is 19.6. The van der Waals surface area contributed by atoms with Crippen molar-refractivity contribution in [3.05, 3.63) is 70.8 Å². The minimum atomic E-state index is -1.11. The van der Waals surface area contributed by atoms with Crippen molar-refractivity contribution < 1.29 is 14.4 Å². The maximum absolute atomic E-state index is 13.1. The van der Waals surface area contributed by atoms with E-state index in [1.807, 2.05) is 63.2 Å². The molecule has 0 radical (unpaired) electrons. The van der Waals surface area contributed by atoms with Crippen LogP contribution >= 0.6 is 0 Å². The van der Waals surface area contributed by atoms with Crippen LogP contribution in [0.25, 0.3) is 0 Å². The number of ketones is 1. The molecule has 1 aliphatic rings. The Bertz CT molecular complexity index is 876. The van der Waals surface area contributed by atoms with E-state index in [0.717, 1.165) is 21.6 Å². The molecule has 0 aromatic heterocycles. The molecular formula is C21H22N2O3. The maximum atomic E-state index is 13.1. The average Bonchev–Trinajstić information content (AvgIpc) is 2.89. The van der Waals surface area contributed by atoms with Crippen LogP contribution in [0.1, 0.15) is 40.4 Å². The summed E-state index contributed by atoms with van der Waals surface area (Å²) in [6.45, 7) is 5.34. The highest BCUT2D eigenvalue weighted by Gasteiger charge is 2.51. The number of carbonyl (C=O) groups is 3. The first kappa shape index (κ1) is 17.9. The predicted octanol–water partition coefficient (Wildman–Crippen LogP) is 3.34. The molecule has 1 atom stereocenters. The Morgan fingerprint density at radius 2 is 1.77 bits per heavy atom. The van der Waals surface area contributed by atoms with Crippen LogP contribution in [0.3, 0.4) is 0 Å². The Morgan fingerprint density at radius 3 is 2.42 bits per heavy atom. The molecule has 2 aromatic carbocycles. The molecule has 1 N–H and O–H groups in total. The smallest absolute Gasteiger partial charge is 0.319 e. The van der Waals surface area contributed by atoms with Crippen molar-refractivity contribution in [3.8, 4) is 0 Å². The fourth-order valence-corrected chi connectivity index (χ4v) is 3.40. The molecule has 0 aliphatic carbocycles. The lowest BCUT2D eigenvalue weighted by Crippen LogP contribution is -2.43. The number of nitrogens with zero attached hydrogens (tertiary/aromatic N) is 1. The molecule has 0 saturated carbocycles. The number of benzene rings is 2. The number of hydrogen-bond acceptors (Lipinski definition) is 3. The number of urea groups is 1. The summed E-state index contributed by atoms with van der Waals surface area (Å²) in [7, 11) is 0. The minimum Gasteiger partial charge on any atom is -0.319 e. The number of carbonyl (C=O) groups excluding carboxylic acids is 3. The van der Waals surface area contributed by atoms with Crippen molar-refractivity contribution in [1.29, 1.82) is 0 Å². The average molecular weight is 350 g/mol. The number of amides is 3. The van der Waals surface area contributed by atoms with E-state index in [4.69, 9.17) is 0 Å². The number of imide groups is 1. The topological polar surface area (TPSA) is 66.5 Å². The SMILES string of the molecule is CC[C@@]1(c2ccccc2)NC(=O)N(CC(=O)c2cc(C)ccc2C)C1=O. The third-order valence-electron chi connectivity index (χ3n) is 4.97. The highest BCUT2D eigenvalue weighted by molar-refractivity contribution is 6.11. The second-order valence-electron chi connectivity index (χ2n) is 6.69. The molecular weight excluding hydrogens is 328 g/mol. The molecule has 5 nitrogen and oxygen atoms in total. The van der Waals surface area contributed by atoms with E-state index < -0.39 is 11.6 Å². The highest BCUT2D eigenvalue weighted by atomic mass is 16.2. The van der Waals surface area contributed by atoms with Gasteiger partial charge in [0.15, 0.2) is 5.78 Å². The first-order valence-electron chi connectivity index (χ1n) is 8.69. The Morgan fingerprint density at radius 1 is 1.08 bits per heavy atom. The van der Waals surface area contributed by atoms with Crippen molar-refractivity contribution in [2.75, 3.05) is 6.54 Å². The maximum Gasteiger partial charge on any atom is 0.325 e. The van der Waals surface area contributed by atoms with Gasteiger partial charge >= 0.3 is 6.03 Å². The fourth-order valence-electron chi connectivity index (χ4n) is 3.40. The molecule has 134 valence electrons. The molecule has 2 aromatic rings. The molecule has 1 fully saturated rings. The van der Waals surface area contributed by atoms with Crippen LogP contribution in [-0.2, 0) is 10.3 Å². The molecule has 1 heterocycles. The molecule has 3 amide bonds. The lowest BCUT2D eigenvalue weighted by molar-refractivity contribution is -0.131. The summed E-state index contributed by atoms with van der Waals surface area (Å²) in [4.78, 5) is 39.3. The van der Waals surface area contributed by atoms with Gasteiger partial charge in [-0.15, -0.1) is 0 Å².